The highest BCUT2D eigenvalue weighted by Crippen LogP contribution is 2.26. The van der Waals surface area contributed by atoms with E-state index in [1.807, 2.05) is 6.07 Å². The Hall–Kier alpha value is -0.950. The summed E-state index contributed by atoms with van der Waals surface area (Å²) in [7, 11) is 0. The maximum Gasteiger partial charge on any atom is 0.0459 e. The highest BCUT2D eigenvalue weighted by molar-refractivity contribution is 6.31. The van der Waals surface area contributed by atoms with Crippen molar-refractivity contribution in [2.75, 3.05) is 0 Å². The van der Waals surface area contributed by atoms with Crippen LogP contribution in [0.25, 0.3) is 10.9 Å². The third-order valence-electron chi connectivity index (χ3n) is 3.11. The molecule has 0 amide bonds. The molecule has 0 unspecified atom stereocenters. The molecule has 0 fully saturated rings. The number of hydrogen-bond acceptors (Lipinski definition) is 0. The first kappa shape index (κ1) is 11.5. The Morgan fingerprint density at radius 1 is 1.25 bits per heavy atom. The van der Waals surface area contributed by atoms with Crippen molar-refractivity contribution in [1.29, 1.82) is 0 Å². The van der Waals surface area contributed by atoms with E-state index in [0.29, 0.717) is 0 Å². The third kappa shape index (κ3) is 2.25. The number of fused-ring (bicyclic) bond motifs is 1. The van der Waals surface area contributed by atoms with Crippen molar-refractivity contribution in [2.24, 2.45) is 0 Å². The molecule has 0 saturated heterocycles. The zero-order valence-corrected chi connectivity index (χ0v) is 10.7. The molecule has 1 heterocycles. The molecule has 2 heteroatoms. The number of benzene rings is 1. The van der Waals surface area contributed by atoms with Gasteiger partial charge in [-0.2, -0.15) is 0 Å². The summed E-state index contributed by atoms with van der Waals surface area (Å²) in [6.45, 7) is 4.38. The van der Waals surface area contributed by atoms with Crippen LogP contribution in [0.5, 0.6) is 0 Å². The molecule has 0 atom stereocenters. The fourth-order valence-electron chi connectivity index (χ4n) is 2.23. The van der Waals surface area contributed by atoms with Gasteiger partial charge in [-0.25, -0.2) is 0 Å². The van der Waals surface area contributed by atoms with Crippen LogP contribution in [0.1, 0.15) is 37.4 Å². The number of H-pyrrole nitrogens is 1. The normalized spacial score (nSPS) is 11.2. The molecule has 2 aromatic rings. The first-order valence-corrected chi connectivity index (χ1v) is 6.37. The number of rotatable bonds is 4. The molecule has 0 radical (unpaired) electrons. The van der Waals surface area contributed by atoms with Gasteiger partial charge in [0, 0.05) is 21.6 Å². The Morgan fingerprint density at radius 2 is 2.06 bits per heavy atom. The lowest BCUT2D eigenvalue weighted by Gasteiger charge is -2.01. The van der Waals surface area contributed by atoms with Crippen LogP contribution in [0.15, 0.2) is 18.2 Å². The summed E-state index contributed by atoms with van der Waals surface area (Å²) >= 11 is 6.05. The van der Waals surface area contributed by atoms with Crippen molar-refractivity contribution in [3.63, 3.8) is 0 Å². The Morgan fingerprint density at radius 3 is 2.81 bits per heavy atom. The minimum absolute atomic E-state index is 0.822. The smallest absolute Gasteiger partial charge is 0.0459 e. The average Bonchev–Trinajstić information content (AvgIpc) is 2.56. The first-order chi connectivity index (χ1) is 7.72. The van der Waals surface area contributed by atoms with E-state index in [0.717, 1.165) is 11.4 Å². The molecule has 0 aliphatic heterocycles. The van der Waals surface area contributed by atoms with Gasteiger partial charge in [0.25, 0.3) is 0 Å². The number of halogens is 1. The minimum atomic E-state index is 0.822. The van der Waals surface area contributed by atoms with Gasteiger partial charge in [-0.05, 0) is 43.5 Å². The van der Waals surface area contributed by atoms with Crippen LogP contribution in [-0.2, 0) is 6.42 Å². The maximum atomic E-state index is 6.05. The van der Waals surface area contributed by atoms with E-state index in [1.54, 1.807) is 0 Å². The molecule has 2 rings (SSSR count). The van der Waals surface area contributed by atoms with Gasteiger partial charge in [0.15, 0.2) is 0 Å². The molecule has 0 spiro atoms. The van der Waals surface area contributed by atoms with Gasteiger partial charge in [0.1, 0.15) is 0 Å². The fourth-order valence-corrected chi connectivity index (χ4v) is 2.40. The number of nitrogens with one attached hydrogen (secondary N) is 1. The number of aryl methyl sites for hydroxylation is 2. The Kier molecular flexibility index (Phi) is 3.55. The van der Waals surface area contributed by atoms with Crippen molar-refractivity contribution in [3.8, 4) is 0 Å². The van der Waals surface area contributed by atoms with Gasteiger partial charge in [-0.15, -0.1) is 0 Å². The van der Waals surface area contributed by atoms with Gasteiger partial charge < -0.3 is 4.98 Å². The van der Waals surface area contributed by atoms with E-state index in [9.17, 15) is 0 Å². The fraction of sp³-hybridized carbons (Fsp3) is 0.429. The highest BCUT2D eigenvalue weighted by Gasteiger charge is 2.08. The lowest BCUT2D eigenvalue weighted by molar-refractivity contribution is 0.717. The van der Waals surface area contributed by atoms with Crippen molar-refractivity contribution in [3.05, 3.63) is 34.5 Å². The van der Waals surface area contributed by atoms with E-state index in [-0.39, 0.29) is 0 Å². The number of aromatic amines is 1. The molecule has 1 N–H and O–H groups in total. The summed E-state index contributed by atoms with van der Waals surface area (Å²) in [4.78, 5) is 3.42. The van der Waals surface area contributed by atoms with Crippen molar-refractivity contribution >= 4 is 22.5 Å². The molecule has 1 aromatic heterocycles. The molecule has 0 aliphatic carbocycles. The van der Waals surface area contributed by atoms with Crippen molar-refractivity contribution in [2.45, 2.75) is 39.5 Å². The van der Waals surface area contributed by atoms with Crippen molar-refractivity contribution in [1.82, 2.24) is 4.98 Å². The maximum absolute atomic E-state index is 6.05. The largest absolute Gasteiger partial charge is 0.358 e. The zero-order valence-electron chi connectivity index (χ0n) is 9.94. The summed E-state index contributed by atoms with van der Waals surface area (Å²) in [5.74, 6) is 0. The highest BCUT2D eigenvalue weighted by atomic mass is 35.5. The second-order valence-electron chi connectivity index (χ2n) is 4.38. The SMILES string of the molecule is CCCCCc1c(C)[nH]c2ccc(Cl)cc12. The quantitative estimate of drug-likeness (QED) is 0.729. The van der Waals surface area contributed by atoms with E-state index in [2.05, 4.69) is 31.0 Å². The molecule has 0 saturated carbocycles. The number of unbranched alkanes of at least 4 members (excludes halogenated alkanes) is 2. The monoisotopic (exact) mass is 235 g/mol. The molecule has 0 aliphatic rings. The Labute approximate surface area is 102 Å². The summed E-state index contributed by atoms with van der Waals surface area (Å²) in [5, 5.41) is 2.12. The standard InChI is InChI=1S/C14H18ClN/c1-3-4-5-6-12-10(2)16-14-8-7-11(15)9-13(12)14/h7-9,16H,3-6H2,1-2H3. The summed E-state index contributed by atoms with van der Waals surface area (Å²) < 4.78 is 0. The molecular weight excluding hydrogens is 218 g/mol. The van der Waals surface area contributed by atoms with Crippen LogP contribution in [0.2, 0.25) is 5.02 Å². The van der Waals surface area contributed by atoms with Gasteiger partial charge >= 0.3 is 0 Å². The second-order valence-corrected chi connectivity index (χ2v) is 4.81. The van der Waals surface area contributed by atoms with Gasteiger partial charge in [-0.1, -0.05) is 31.4 Å². The zero-order chi connectivity index (χ0) is 11.5. The van der Waals surface area contributed by atoms with Crippen LogP contribution >= 0.6 is 11.6 Å². The molecule has 1 nitrogen and oxygen atoms in total. The summed E-state index contributed by atoms with van der Waals surface area (Å²) in [6.07, 6.45) is 4.98. The van der Waals surface area contributed by atoms with Gasteiger partial charge in [0.05, 0.1) is 0 Å². The first-order valence-electron chi connectivity index (χ1n) is 5.99. The van der Waals surface area contributed by atoms with Crippen LogP contribution in [-0.4, -0.2) is 4.98 Å². The minimum Gasteiger partial charge on any atom is -0.358 e. The molecular formula is C14H18ClN. The Balaban J connectivity index is 2.34. The van der Waals surface area contributed by atoms with Crippen LogP contribution in [0, 0.1) is 6.92 Å². The lowest BCUT2D eigenvalue weighted by Crippen LogP contribution is -1.86. The Bertz CT molecular complexity index is 485. The summed E-state index contributed by atoms with van der Waals surface area (Å²) in [6, 6.07) is 6.07. The van der Waals surface area contributed by atoms with Crippen LogP contribution in [0.3, 0.4) is 0 Å². The lowest BCUT2D eigenvalue weighted by atomic mass is 10.0. The molecule has 86 valence electrons. The number of hydrogen-bond donors (Lipinski definition) is 1. The average molecular weight is 236 g/mol. The molecule has 1 aromatic carbocycles. The van der Waals surface area contributed by atoms with E-state index >= 15 is 0 Å². The van der Waals surface area contributed by atoms with E-state index < -0.39 is 0 Å². The van der Waals surface area contributed by atoms with Gasteiger partial charge in [0.2, 0.25) is 0 Å². The van der Waals surface area contributed by atoms with Crippen molar-refractivity contribution < 1.29 is 0 Å². The van der Waals surface area contributed by atoms with Crippen LogP contribution < -0.4 is 0 Å². The van der Waals surface area contributed by atoms with Crippen LogP contribution in [0.4, 0.5) is 0 Å². The number of aromatic nitrogens is 1. The second kappa shape index (κ2) is 4.92. The van der Waals surface area contributed by atoms with Gasteiger partial charge in [-0.3, -0.25) is 0 Å². The third-order valence-corrected chi connectivity index (χ3v) is 3.35. The predicted molar refractivity (Wildman–Crippen MR) is 71.3 cm³/mol. The topological polar surface area (TPSA) is 15.8 Å². The molecule has 16 heavy (non-hydrogen) atoms. The molecule has 0 bridgehead atoms. The van der Waals surface area contributed by atoms with E-state index in [1.165, 1.54) is 41.4 Å². The summed E-state index contributed by atoms with van der Waals surface area (Å²) in [5.41, 5.74) is 3.92. The predicted octanol–water partition coefficient (Wildman–Crippen LogP) is 4.86. The van der Waals surface area contributed by atoms with E-state index in [4.69, 9.17) is 11.6 Å².